The highest BCUT2D eigenvalue weighted by Gasteiger charge is 2.23. The Morgan fingerprint density at radius 1 is 1.33 bits per heavy atom. The maximum atomic E-state index is 11.1. The molecule has 0 aromatic carbocycles. The number of allylic oxidation sites excluding steroid dienone is 1. The van der Waals surface area contributed by atoms with Crippen molar-refractivity contribution in [3.8, 4) is 0 Å². The van der Waals surface area contributed by atoms with Crippen LogP contribution in [0.3, 0.4) is 0 Å². The standard InChI is InChI=1S/C9H16O2S/c1-9(2,3)8-4-6-12(10,11)7-5-8/h4H,5-7H2,1-3H3. The molecule has 0 radical (unpaired) electrons. The fourth-order valence-corrected chi connectivity index (χ4v) is 2.51. The van der Waals surface area contributed by atoms with E-state index in [9.17, 15) is 8.42 Å². The first-order valence-corrected chi connectivity index (χ1v) is 6.03. The van der Waals surface area contributed by atoms with Gasteiger partial charge in [-0.25, -0.2) is 8.42 Å². The molecular formula is C9H16O2S. The zero-order chi connectivity index (χ0) is 9.41. The molecule has 0 aromatic heterocycles. The molecule has 0 N–H and O–H groups in total. The summed E-state index contributed by atoms with van der Waals surface area (Å²) in [7, 11) is -2.75. The van der Waals surface area contributed by atoms with Gasteiger partial charge in [0.15, 0.2) is 9.84 Å². The Morgan fingerprint density at radius 3 is 2.25 bits per heavy atom. The first-order valence-electron chi connectivity index (χ1n) is 4.21. The average molecular weight is 188 g/mol. The van der Waals surface area contributed by atoms with Crippen LogP contribution in [0.4, 0.5) is 0 Å². The number of rotatable bonds is 0. The summed E-state index contributed by atoms with van der Waals surface area (Å²) in [5.41, 5.74) is 1.41. The van der Waals surface area contributed by atoms with Crippen molar-refractivity contribution >= 4 is 9.84 Å². The maximum Gasteiger partial charge on any atom is 0.154 e. The molecule has 0 saturated carbocycles. The van der Waals surface area contributed by atoms with Crippen molar-refractivity contribution in [2.45, 2.75) is 27.2 Å². The van der Waals surface area contributed by atoms with Crippen LogP contribution in [0.5, 0.6) is 0 Å². The van der Waals surface area contributed by atoms with Gasteiger partial charge >= 0.3 is 0 Å². The molecule has 0 unspecified atom stereocenters. The van der Waals surface area contributed by atoms with Crippen molar-refractivity contribution in [1.29, 1.82) is 0 Å². The Kier molecular flexibility index (Phi) is 2.34. The second-order valence-electron chi connectivity index (χ2n) is 4.34. The molecule has 1 heterocycles. The lowest BCUT2D eigenvalue weighted by molar-refractivity contribution is 0.483. The van der Waals surface area contributed by atoms with Crippen molar-refractivity contribution in [1.82, 2.24) is 0 Å². The van der Waals surface area contributed by atoms with E-state index in [1.54, 1.807) is 0 Å². The van der Waals surface area contributed by atoms with Gasteiger partial charge in [0.1, 0.15) is 0 Å². The molecule has 0 aliphatic carbocycles. The SMILES string of the molecule is CC(C)(C)C1=CCS(=O)(=O)CC1. The molecule has 2 nitrogen and oxygen atoms in total. The van der Waals surface area contributed by atoms with Gasteiger partial charge in [0.2, 0.25) is 0 Å². The normalized spacial score (nSPS) is 23.4. The highest BCUT2D eigenvalue weighted by Crippen LogP contribution is 2.30. The van der Waals surface area contributed by atoms with Gasteiger partial charge in [0.25, 0.3) is 0 Å². The van der Waals surface area contributed by atoms with E-state index in [2.05, 4.69) is 20.8 Å². The maximum absolute atomic E-state index is 11.1. The number of hydrogen-bond donors (Lipinski definition) is 0. The molecule has 0 atom stereocenters. The van der Waals surface area contributed by atoms with Crippen LogP contribution in [-0.2, 0) is 9.84 Å². The van der Waals surface area contributed by atoms with Crippen LogP contribution in [0.1, 0.15) is 27.2 Å². The molecule has 12 heavy (non-hydrogen) atoms. The smallest absolute Gasteiger partial charge is 0.154 e. The van der Waals surface area contributed by atoms with E-state index >= 15 is 0 Å². The molecular weight excluding hydrogens is 172 g/mol. The van der Waals surface area contributed by atoms with Gasteiger partial charge in [0.05, 0.1) is 11.5 Å². The second-order valence-corrected chi connectivity index (χ2v) is 6.57. The minimum Gasteiger partial charge on any atom is -0.229 e. The highest BCUT2D eigenvalue weighted by atomic mass is 32.2. The Hall–Kier alpha value is -0.310. The van der Waals surface area contributed by atoms with Gasteiger partial charge in [-0.15, -0.1) is 0 Å². The van der Waals surface area contributed by atoms with E-state index in [1.807, 2.05) is 6.08 Å². The van der Waals surface area contributed by atoms with Gasteiger partial charge in [-0.05, 0) is 11.8 Å². The van der Waals surface area contributed by atoms with Crippen LogP contribution in [-0.4, -0.2) is 19.9 Å². The summed E-state index contributed by atoms with van der Waals surface area (Å²) < 4.78 is 22.2. The summed E-state index contributed by atoms with van der Waals surface area (Å²) >= 11 is 0. The minimum atomic E-state index is -2.75. The summed E-state index contributed by atoms with van der Waals surface area (Å²) in [6, 6.07) is 0. The van der Waals surface area contributed by atoms with Crippen molar-refractivity contribution in [3.05, 3.63) is 11.6 Å². The van der Waals surface area contributed by atoms with E-state index in [1.165, 1.54) is 5.57 Å². The minimum absolute atomic E-state index is 0.135. The summed E-state index contributed by atoms with van der Waals surface area (Å²) in [6.45, 7) is 6.37. The Balaban J connectivity index is 2.82. The molecule has 1 aliphatic rings. The van der Waals surface area contributed by atoms with Crippen molar-refractivity contribution in [3.63, 3.8) is 0 Å². The first-order chi connectivity index (χ1) is 5.31. The van der Waals surface area contributed by atoms with E-state index in [0.29, 0.717) is 12.2 Å². The summed E-state index contributed by atoms with van der Waals surface area (Å²) in [5.74, 6) is 0.565. The summed E-state index contributed by atoms with van der Waals surface area (Å²) in [4.78, 5) is 0. The molecule has 0 aromatic rings. The lowest BCUT2D eigenvalue weighted by Crippen LogP contribution is -2.21. The largest absolute Gasteiger partial charge is 0.229 e. The predicted molar refractivity (Wildman–Crippen MR) is 50.8 cm³/mol. The van der Waals surface area contributed by atoms with E-state index in [4.69, 9.17) is 0 Å². The molecule has 3 heteroatoms. The van der Waals surface area contributed by atoms with Crippen LogP contribution in [0.2, 0.25) is 0 Å². The third-order valence-corrected chi connectivity index (χ3v) is 3.73. The molecule has 70 valence electrons. The molecule has 0 saturated heterocycles. The lowest BCUT2D eigenvalue weighted by Gasteiger charge is -2.25. The van der Waals surface area contributed by atoms with Crippen LogP contribution in [0, 0.1) is 5.41 Å². The fourth-order valence-electron chi connectivity index (χ4n) is 1.36. The third-order valence-electron chi connectivity index (χ3n) is 2.23. The topological polar surface area (TPSA) is 34.1 Å². The molecule has 1 aliphatic heterocycles. The van der Waals surface area contributed by atoms with Crippen molar-refractivity contribution in [2.24, 2.45) is 5.41 Å². The number of sulfone groups is 1. The van der Waals surface area contributed by atoms with E-state index < -0.39 is 9.84 Å². The quantitative estimate of drug-likeness (QED) is 0.543. The van der Waals surface area contributed by atoms with Crippen molar-refractivity contribution < 1.29 is 8.42 Å². The van der Waals surface area contributed by atoms with Gasteiger partial charge in [-0.1, -0.05) is 32.4 Å². The van der Waals surface area contributed by atoms with Gasteiger partial charge in [-0.2, -0.15) is 0 Å². The van der Waals surface area contributed by atoms with E-state index in [0.717, 1.165) is 0 Å². The van der Waals surface area contributed by atoms with Gasteiger partial charge < -0.3 is 0 Å². The molecule has 0 spiro atoms. The molecule has 0 amide bonds. The summed E-state index contributed by atoms with van der Waals surface area (Å²) in [5, 5.41) is 0. The van der Waals surface area contributed by atoms with Gasteiger partial charge in [-0.3, -0.25) is 0 Å². The second kappa shape index (κ2) is 2.87. The van der Waals surface area contributed by atoms with Crippen LogP contribution < -0.4 is 0 Å². The summed E-state index contributed by atoms with van der Waals surface area (Å²) in [6.07, 6.45) is 2.59. The number of hydrogen-bond acceptors (Lipinski definition) is 2. The Morgan fingerprint density at radius 2 is 1.92 bits per heavy atom. The van der Waals surface area contributed by atoms with Crippen LogP contribution in [0.25, 0.3) is 0 Å². The van der Waals surface area contributed by atoms with Crippen molar-refractivity contribution in [2.75, 3.05) is 11.5 Å². The zero-order valence-electron chi connectivity index (χ0n) is 7.92. The molecule has 0 fully saturated rings. The third kappa shape index (κ3) is 2.34. The fraction of sp³-hybridized carbons (Fsp3) is 0.778. The monoisotopic (exact) mass is 188 g/mol. The molecule has 0 bridgehead atoms. The highest BCUT2D eigenvalue weighted by molar-refractivity contribution is 7.91. The molecule has 1 rings (SSSR count). The van der Waals surface area contributed by atoms with Gasteiger partial charge in [0, 0.05) is 0 Å². The zero-order valence-corrected chi connectivity index (χ0v) is 8.74. The predicted octanol–water partition coefficient (Wildman–Crippen LogP) is 1.78. The first kappa shape index (κ1) is 9.78. The lowest BCUT2D eigenvalue weighted by atomic mass is 9.85. The van der Waals surface area contributed by atoms with Crippen LogP contribution in [0.15, 0.2) is 11.6 Å². The Labute approximate surface area is 74.6 Å². The van der Waals surface area contributed by atoms with E-state index in [-0.39, 0.29) is 11.2 Å². The Bertz CT molecular complexity index is 291. The average Bonchev–Trinajstić information content (AvgIpc) is 1.83. The van der Waals surface area contributed by atoms with Crippen LogP contribution >= 0.6 is 0 Å².